The Morgan fingerprint density at radius 1 is 1.11 bits per heavy atom. The summed E-state index contributed by atoms with van der Waals surface area (Å²) in [6.45, 7) is 2.08. The molecular formula is C22H17Cl2N3O. The monoisotopic (exact) mass is 409 g/mol. The van der Waals surface area contributed by atoms with E-state index in [0.717, 1.165) is 28.8 Å². The summed E-state index contributed by atoms with van der Waals surface area (Å²) in [5.41, 5.74) is 5.24. The first-order valence-electron chi connectivity index (χ1n) is 9.08. The van der Waals surface area contributed by atoms with Crippen molar-refractivity contribution in [3.63, 3.8) is 0 Å². The average molecular weight is 410 g/mol. The summed E-state index contributed by atoms with van der Waals surface area (Å²) in [6.07, 6.45) is 3.91. The van der Waals surface area contributed by atoms with E-state index in [1.54, 1.807) is 18.5 Å². The highest BCUT2D eigenvalue weighted by Crippen LogP contribution is 2.50. The van der Waals surface area contributed by atoms with Crippen LogP contribution in [0.25, 0.3) is 0 Å². The fourth-order valence-corrected chi connectivity index (χ4v) is 4.33. The normalized spacial score (nSPS) is 20.2. The van der Waals surface area contributed by atoms with E-state index < -0.39 is 6.23 Å². The standard InChI is InChI=1S/C22H17Cl2N3O/c1-13-4-6-14(7-5-13)19-11-20-17-9-16(23)10-18(24)21(17)28-22(27(20)26-19)15-3-2-8-25-12-15/h2-10,12,20,22H,11H2,1H3/t20-,22+/m0/s1. The van der Waals surface area contributed by atoms with Crippen LogP contribution >= 0.6 is 23.2 Å². The van der Waals surface area contributed by atoms with Gasteiger partial charge in [0.15, 0.2) is 0 Å². The van der Waals surface area contributed by atoms with Gasteiger partial charge in [0.1, 0.15) is 5.75 Å². The number of aromatic nitrogens is 1. The maximum Gasteiger partial charge on any atom is 0.215 e. The Labute approximate surface area is 173 Å². The molecule has 28 heavy (non-hydrogen) atoms. The van der Waals surface area contributed by atoms with E-state index in [2.05, 4.69) is 36.2 Å². The largest absolute Gasteiger partial charge is 0.463 e. The predicted octanol–water partition coefficient (Wildman–Crippen LogP) is 5.94. The molecule has 2 aliphatic rings. The molecule has 3 heterocycles. The smallest absolute Gasteiger partial charge is 0.215 e. The summed E-state index contributed by atoms with van der Waals surface area (Å²) in [6, 6.07) is 16.0. The summed E-state index contributed by atoms with van der Waals surface area (Å²) in [5.74, 6) is 0.668. The topological polar surface area (TPSA) is 37.7 Å². The van der Waals surface area contributed by atoms with Crippen LogP contribution in [0.5, 0.6) is 5.75 Å². The van der Waals surface area contributed by atoms with Gasteiger partial charge in [0, 0.05) is 35.0 Å². The number of halogens is 2. The SMILES string of the molecule is Cc1ccc(C2=NN3[C@@H](c4cccnc4)Oc4c(Cl)cc(Cl)cc4[C@@H]3C2)cc1. The van der Waals surface area contributed by atoms with Crippen molar-refractivity contribution >= 4 is 28.9 Å². The number of ether oxygens (including phenoxy) is 1. The summed E-state index contributed by atoms with van der Waals surface area (Å²) in [7, 11) is 0. The molecule has 0 spiro atoms. The van der Waals surface area contributed by atoms with Gasteiger partial charge < -0.3 is 4.74 Å². The second kappa shape index (κ2) is 6.80. The third-order valence-electron chi connectivity index (χ3n) is 5.16. The van der Waals surface area contributed by atoms with Crippen LogP contribution in [-0.4, -0.2) is 15.7 Å². The molecule has 0 unspecified atom stereocenters. The lowest BCUT2D eigenvalue weighted by Crippen LogP contribution is -2.33. The summed E-state index contributed by atoms with van der Waals surface area (Å²) in [5, 5.41) is 8.05. The summed E-state index contributed by atoms with van der Waals surface area (Å²) < 4.78 is 6.31. The van der Waals surface area contributed by atoms with Crippen molar-refractivity contribution in [2.45, 2.75) is 25.6 Å². The van der Waals surface area contributed by atoms with Crippen molar-refractivity contribution in [3.8, 4) is 5.75 Å². The first-order valence-corrected chi connectivity index (χ1v) is 9.84. The van der Waals surface area contributed by atoms with Gasteiger partial charge in [-0.05, 0) is 30.7 Å². The molecule has 0 bridgehead atoms. The quantitative estimate of drug-likeness (QED) is 0.525. The molecule has 0 fully saturated rings. The molecule has 0 radical (unpaired) electrons. The van der Waals surface area contributed by atoms with Crippen LogP contribution in [0.4, 0.5) is 0 Å². The Morgan fingerprint density at radius 2 is 1.93 bits per heavy atom. The van der Waals surface area contributed by atoms with Crippen LogP contribution < -0.4 is 4.74 Å². The number of nitrogens with zero attached hydrogens (tertiary/aromatic N) is 3. The van der Waals surface area contributed by atoms with Crippen LogP contribution in [0.2, 0.25) is 10.0 Å². The highest BCUT2D eigenvalue weighted by molar-refractivity contribution is 6.35. The van der Waals surface area contributed by atoms with E-state index >= 15 is 0 Å². The molecule has 3 aromatic rings. The summed E-state index contributed by atoms with van der Waals surface area (Å²) >= 11 is 12.8. The number of aryl methyl sites for hydroxylation is 1. The summed E-state index contributed by atoms with van der Waals surface area (Å²) in [4.78, 5) is 4.24. The molecule has 0 aliphatic carbocycles. The molecule has 6 heteroatoms. The van der Waals surface area contributed by atoms with E-state index in [-0.39, 0.29) is 6.04 Å². The van der Waals surface area contributed by atoms with Crippen molar-refractivity contribution in [2.75, 3.05) is 0 Å². The van der Waals surface area contributed by atoms with Crippen molar-refractivity contribution in [3.05, 3.63) is 93.2 Å². The number of fused-ring (bicyclic) bond motifs is 3. The molecule has 0 amide bonds. The van der Waals surface area contributed by atoms with Crippen LogP contribution in [0.1, 0.15) is 40.9 Å². The predicted molar refractivity (Wildman–Crippen MR) is 111 cm³/mol. The minimum Gasteiger partial charge on any atom is -0.463 e. The Kier molecular flexibility index (Phi) is 4.26. The zero-order valence-corrected chi connectivity index (χ0v) is 16.7. The molecule has 2 aromatic carbocycles. The Balaban J connectivity index is 1.63. The van der Waals surface area contributed by atoms with Gasteiger partial charge in [0.25, 0.3) is 0 Å². The van der Waals surface area contributed by atoms with Gasteiger partial charge in [-0.25, -0.2) is 5.01 Å². The van der Waals surface area contributed by atoms with E-state index in [1.165, 1.54) is 5.56 Å². The highest BCUT2D eigenvalue weighted by Gasteiger charge is 2.42. The van der Waals surface area contributed by atoms with Crippen molar-refractivity contribution in [1.82, 2.24) is 9.99 Å². The molecule has 1 aromatic heterocycles. The van der Waals surface area contributed by atoms with Gasteiger partial charge in [0.05, 0.1) is 16.8 Å². The third-order valence-corrected chi connectivity index (χ3v) is 5.66. The lowest BCUT2D eigenvalue weighted by molar-refractivity contribution is -0.0191. The van der Waals surface area contributed by atoms with Gasteiger partial charge in [-0.15, -0.1) is 0 Å². The second-order valence-electron chi connectivity index (χ2n) is 7.08. The van der Waals surface area contributed by atoms with Crippen LogP contribution in [0.15, 0.2) is 66.0 Å². The minimum atomic E-state index is -0.396. The van der Waals surface area contributed by atoms with E-state index in [9.17, 15) is 0 Å². The number of hydrazone groups is 1. The maximum atomic E-state index is 6.48. The molecule has 5 rings (SSSR count). The highest BCUT2D eigenvalue weighted by atomic mass is 35.5. The van der Waals surface area contributed by atoms with Crippen molar-refractivity contribution < 1.29 is 4.74 Å². The van der Waals surface area contributed by atoms with Gasteiger partial charge in [-0.3, -0.25) is 4.98 Å². The second-order valence-corrected chi connectivity index (χ2v) is 7.92. The molecule has 0 N–H and O–H groups in total. The molecule has 2 aliphatic heterocycles. The van der Waals surface area contributed by atoms with Crippen LogP contribution in [0.3, 0.4) is 0 Å². The van der Waals surface area contributed by atoms with Crippen molar-refractivity contribution in [2.24, 2.45) is 5.10 Å². The lowest BCUT2D eigenvalue weighted by Gasteiger charge is -2.38. The Hall–Kier alpha value is -2.56. The third kappa shape index (κ3) is 2.93. The molecule has 2 atom stereocenters. The van der Waals surface area contributed by atoms with E-state index in [4.69, 9.17) is 33.0 Å². The molecule has 0 saturated carbocycles. The molecule has 140 valence electrons. The first kappa shape index (κ1) is 17.5. The Morgan fingerprint density at radius 3 is 2.68 bits per heavy atom. The zero-order chi connectivity index (χ0) is 19.3. The first-order chi connectivity index (χ1) is 13.6. The lowest BCUT2D eigenvalue weighted by atomic mass is 9.95. The number of hydrogen-bond acceptors (Lipinski definition) is 4. The zero-order valence-electron chi connectivity index (χ0n) is 15.1. The fourth-order valence-electron chi connectivity index (χ4n) is 3.78. The van der Waals surface area contributed by atoms with Crippen LogP contribution in [-0.2, 0) is 0 Å². The van der Waals surface area contributed by atoms with Gasteiger partial charge in [-0.1, -0.05) is 59.1 Å². The van der Waals surface area contributed by atoms with Gasteiger partial charge in [-0.2, -0.15) is 5.10 Å². The minimum absolute atomic E-state index is 0.00135. The number of hydrogen-bond donors (Lipinski definition) is 0. The molecular weight excluding hydrogens is 393 g/mol. The molecule has 4 nitrogen and oxygen atoms in total. The maximum absolute atomic E-state index is 6.48. The van der Waals surface area contributed by atoms with Gasteiger partial charge in [0.2, 0.25) is 6.23 Å². The van der Waals surface area contributed by atoms with Gasteiger partial charge >= 0.3 is 0 Å². The fraction of sp³-hybridized carbons (Fsp3) is 0.182. The Bertz CT molecular complexity index is 1070. The van der Waals surface area contributed by atoms with E-state index in [0.29, 0.717) is 15.8 Å². The molecule has 0 saturated heterocycles. The van der Waals surface area contributed by atoms with Crippen LogP contribution in [0, 0.1) is 6.92 Å². The number of pyridine rings is 1. The number of rotatable bonds is 2. The van der Waals surface area contributed by atoms with Crippen molar-refractivity contribution in [1.29, 1.82) is 0 Å². The average Bonchev–Trinajstić information content (AvgIpc) is 3.14. The number of benzene rings is 2. The van der Waals surface area contributed by atoms with E-state index in [1.807, 2.05) is 23.2 Å².